The van der Waals surface area contributed by atoms with Gasteiger partial charge in [-0.15, -0.1) is 0 Å². The zero-order valence-corrected chi connectivity index (χ0v) is 11.7. The van der Waals surface area contributed by atoms with Crippen molar-refractivity contribution in [3.8, 4) is 0 Å². The predicted molar refractivity (Wildman–Crippen MR) is 73.1 cm³/mol. The van der Waals surface area contributed by atoms with Crippen LogP contribution in [0.2, 0.25) is 0 Å². The molecule has 0 spiro atoms. The Morgan fingerprint density at radius 1 is 1.35 bits per heavy atom. The molecule has 0 fully saturated rings. The first-order valence-electron chi connectivity index (χ1n) is 5.73. The Morgan fingerprint density at radius 2 is 1.88 bits per heavy atom. The monoisotopic (exact) mass is 255 g/mol. The second-order valence-corrected chi connectivity index (χ2v) is 6.45. The van der Waals surface area contributed by atoms with E-state index >= 15 is 0 Å². The van der Waals surface area contributed by atoms with Crippen LogP contribution in [-0.2, 0) is 9.92 Å². The van der Waals surface area contributed by atoms with Crippen molar-refractivity contribution in [3.63, 3.8) is 0 Å². The minimum Gasteiger partial charge on any atom is -0.399 e. The molecule has 4 nitrogen and oxygen atoms in total. The molecule has 1 atom stereocenters. The molecule has 0 aliphatic carbocycles. The largest absolute Gasteiger partial charge is 0.399 e. The number of nitrogens with two attached hydrogens (primary N) is 1. The van der Waals surface area contributed by atoms with Crippen LogP contribution in [0.25, 0.3) is 0 Å². The van der Waals surface area contributed by atoms with Gasteiger partial charge in [-0.2, -0.15) is 0 Å². The van der Waals surface area contributed by atoms with Crippen molar-refractivity contribution < 1.29 is 4.21 Å². The van der Waals surface area contributed by atoms with Gasteiger partial charge in [-0.05, 0) is 45.0 Å². The van der Waals surface area contributed by atoms with Gasteiger partial charge in [-0.1, -0.05) is 0 Å². The summed E-state index contributed by atoms with van der Waals surface area (Å²) in [5, 5.41) is 0. The molecule has 1 unspecified atom stereocenters. The van der Waals surface area contributed by atoms with Crippen molar-refractivity contribution in [2.24, 2.45) is 4.36 Å². The van der Waals surface area contributed by atoms with Crippen LogP contribution in [0.1, 0.15) is 20.8 Å². The molecule has 0 radical (unpaired) electrons. The van der Waals surface area contributed by atoms with Gasteiger partial charge in [0.1, 0.15) is 9.92 Å². The average Bonchev–Trinajstić information content (AvgIpc) is 2.28. The second-order valence-electron chi connectivity index (χ2n) is 4.15. The van der Waals surface area contributed by atoms with Gasteiger partial charge in [0.25, 0.3) is 0 Å². The van der Waals surface area contributed by atoms with Crippen LogP contribution in [-0.4, -0.2) is 28.1 Å². The van der Waals surface area contributed by atoms with Crippen LogP contribution < -0.4 is 5.73 Å². The summed E-state index contributed by atoms with van der Waals surface area (Å²) in [6.45, 7) is 6.43. The fourth-order valence-electron chi connectivity index (χ4n) is 1.44. The molecular weight excluding hydrogens is 234 g/mol. The number of nitrogens with zero attached hydrogens (tertiary/aromatic N) is 2. The molecule has 1 aromatic carbocycles. The highest BCUT2D eigenvalue weighted by Gasteiger charge is 2.20. The third kappa shape index (κ3) is 2.98. The van der Waals surface area contributed by atoms with E-state index in [1.165, 1.54) is 0 Å². The maximum Gasteiger partial charge on any atom is 0.139 e. The maximum atomic E-state index is 13.0. The maximum absolute atomic E-state index is 13.0. The van der Waals surface area contributed by atoms with Gasteiger partial charge >= 0.3 is 0 Å². The summed E-state index contributed by atoms with van der Waals surface area (Å²) in [5.41, 5.74) is 6.31. The topological polar surface area (TPSA) is 58.7 Å². The van der Waals surface area contributed by atoms with Gasteiger partial charge in [0.05, 0.1) is 4.90 Å². The standard InChI is InChI=1S/C12H21N3OS/c1-5-14-17(16,15(4)10(2)3)12-8-6-11(13)7-9-12/h6-10H,5,13H2,1-4H3. The highest BCUT2D eigenvalue weighted by atomic mass is 32.2. The molecule has 0 aromatic heterocycles. The Balaban J connectivity index is 3.32. The van der Waals surface area contributed by atoms with Crippen LogP contribution in [0.5, 0.6) is 0 Å². The highest BCUT2D eigenvalue weighted by molar-refractivity contribution is 7.91. The van der Waals surface area contributed by atoms with Crippen LogP contribution in [0.15, 0.2) is 33.5 Å². The molecule has 0 saturated heterocycles. The van der Waals surface area contributed by atoms with Crippen molar-refractivity contribution in [2.75, 3.05) is 19.3 Å². The normalized spacial score (nSPS) is 14.9. The molecule has 0 heterocycles. The van der Waals surface area contributed by atoms with Crippen LogP contribution in [0.3, 0.4) is 0 Å². The molecular formula is C12H21N3OS. The van der Waals surface area contributed by atoms with Crippen molar-refractivity contribution in [1.82, 2.24) is 4.31 Å². The van der Waals surface area contributed by atoms with E-state index in [0.717, 1.165) is 0 Å². The van der Waals surface area contributed by atoms with Gasteiger partial charge in [0.15, 0.2) is 0 Å². The lowest BCUT2D eigenvalue weighted by atomic mass is 10.3. The average molecular weight is 255 g/mol. The zero-order chi connectivity index (χ0) is 13.1. The van der Waals surface area contributed by atoms with Gasteiger partial charge in [0.2, 0.25) is 0 Å². The molecule has 96 valence electrons. The van der Waals surface area contributed by atoms with E-state index in [9.17, 15) is 4.21 Å². The molecule has 1 aromatic rings. The molecule has 0 aliphatic heterocycles. The van der Waals surface area contributed by atoms with Crippen LogP contribution in [0, 0.1) is 0 Å². The van der Waals surface area contributed by atoms with Gasteiger partial charge < -0.3 is 5.73 Å². The first-order valence-corrected chi connectivity index (χ1v) is 7.20. The Labute approximate surface area is 104 Å². The first-order chi connectivity index (χ1) is 7.91. The zero-order valence-electron chi connectivity index (χ0n) is 10.9. The van der Waals surface area contributed by atoms with E-state index in [1.54, 1.807) is 24.3 Å². The van der Waals surface area contributed by atoms with E-state index in [0.29, 0.717) is 17.1 Å². The summed E-state index contributed by atoms with van der Waals surface area (Å²) in [4.78, 5) is 0.713. The first kappa shape index (κ1) is 14.0. The molecule has 5 heteroatoms. The minimum absolute atomic E-state index is 0.162. The van der Waals surface area contributed by atoms with Crippen molar-refractivity contribution >= 4 is 15.6 Å². The summed E-state index contributed by atoms with van der Waals surface area (Å²) in [5.74, 6) is 0. The van der Waals surface area contributed by atoms with Crippen LogP contribution >= 0.6 is 0 Å². The van der Waals surface area contributed by atoms with Gasteiger partial charge in [0, 0.05) is 25.3 Å². The minimum atomic E-state index is -2.51. The number of hydrogen-bond acceptors (Lipinski definition) is 3. The fraction of sp³-hybridized carbons (Fsp3) is 0.500. The van der Waals surface area contributed by atoms with E-state index < -0.39 is 9.92 Å². The molecule has 0 amide bonds. The molecule has 17 heavy (non-hydrogen) atoms. The summed E-state index contributed by atoms with van der Waals surface area (Å²) in [6, 6.07) is 7.25. The Morgan fingerprint density at radius 3 is 2.29 bits per heavy atom. The molecule has 2 N–H and O–H groups in total. The lowest BCUT2D eigenvalue weighted by molar-refractivity contribution is 0.436. The number of nitrogen functional groups attached to an aromatic ring is 1. The summed E-state index contributed by atoms with van der Waals surface area (Å²) in [7, 11) is -0.674. The second kappa shape index (κ2) is 5.51. The van der Waals surface area contributed by atoms with E-state index in [4.69, 9.17) is 5.73 Å². The molecule has 1 rings (SSSR count). The lowest BCUT2D eigenvalue weighted by Gasteiger charge is -2.25. The van der Waals surface area contributed by atoms with E-state index in [-0.39, 0.29) is 6.04 Å². The van der Waals surface area contributed by atoms with Crippen molar-refractivity contribution in [1.29, 1.82) is 0 Å². The quantitative estimate of drug-likeness (QED) is 0.840. The summed E-state index contributed by atoms with van der Waals surface area (Å²) < 4.78 is 19.1. The predicted octanol–water partition coefficient (Wildman–Crippen LogP) is 2.37. The number of benzene rings is 1. The molecule has 0 bridgehead atoms. The number of hydrogen-bond donors (Lipinski definition) is 1. The smallest absolute Gasteiger partial charge is 0.139 e. The Bertz CT molecular complexity index is 473. The van der Waals surface area contributed by atoms with E-state index in [1.807, 2.05) is 32.1 Å². The lowest BCUT2D eigenvalue weighted by Crippen LogP contribution is -2.33. The fourth-order valence-corrected chi connectivity index (χ4v) is 3.51. The third-order valence-electron chi connectivity index (χ3n) is 2.61. The summed E-state index contributed by atoms with van der Waals surface area (Å²) in [6.07, 6.45) is 0. The van der Waals surface area contributed by atoms with Crippen molar-refractivity contribution in [2.45, 2.75) is 31.7 Å². The third-order valence-corrected chi connectivity index (χ3v) is 5.31. The van der Waals surface area contributed by atoms with Crippen molar-refractivity contribution in [3.05, 3.63) is 24.3 Å². The Hall–Kier alpha value is -1.07. The van der Waals surface area contributed by atoms with Gasteiger partial charge in [-0.25, -0.2) is 12.9 Å². The summed E-state index contributed by atoms with van der Waals surface area (Å²) >= 11 is 0. The Kier molecular flexibility index (Phi) is 4.54. The van der Waals surface area contributed by atoms with Crippen LogP contribution in [0.4, 0.5) is 5.69 Å². The number of anilines is 1. The highest BCUT2D eigenvalue weighted by Crippen LogP contribution is 2.20. The number of rotatable bonds is 4. The SMILES string of the molecule is CCN=S(=O)(c1ccc(N)cc1)N(C)C(C)C. The van der Waals surface area contributed by atoms with E-state index in [2.05, 4.69) is 4.36 Å². The molecule has 0 aliphatic rings. The molecule has 0 saturated carbocycles. The van der Waals surface area contributed by atoms with Gasteiger partial charge in [-0.3, -0.25) is 0 Å².